The summed E-state index contributed by atoms with van der Waals surface area (Å²) in [7, 11) is 8.25. The van der Waals surface area contributed by atoms with E-state index in [2.05, 4.69) is 27.4 Å². The maximum atomic E-state index is 12.9. The van der Waals surface area contributed by atoms with Crippen molar-refractivity contribution >= 4 is 28.9 Å². The molecule has 0 aliphatic carbocycles. The van der Waals surface area contributed by atoms with Crippen molar-refractivity contribution in [3.63, 3.8) is 0 Å². The molecular weight excluding hydrogens is 678 g/mol. The molecule has 12 heteroatoms. The van der Waals surface area contributed by atoms with Crippen LogP contribution in [0.25, 0.3) is 17.0 Å². The third-order valence-electron chi connectivity index (χ3n) is 10.1. The fourth-order valence-electron chi connectivity index (χ4n) is 7.37. The molecule has 3 aliphatic heterocycles. The molecule has 0 radical (unpaired) electrons. The summed E-state index contributed by atoms with van der Waals surface area (Å²) < 4.78 is 39.1. The molecule has 4 heterocycles. The van der Waals surface area contributed by atoms with Crippen LogP contribution in [0.1, 0.15) is 42.9 Å². The molecule has 0 saturated carbocycles. The van der Waals surface area contributed by atoms with Gasteiger partial charge in [0.25, 0.3) is 0 Å². The van der Waals surface area contributed by atoms with Crippen LogP contribution in [-0.4, -0.2) is 114 Å². The molecular formula is C41H53N3O9. The Bertz CT molecular complexity index is 1700. The van der Waals surface area contributed by atoms with Gasteiger partial charge in [0.1, 0.15) is 12.4 Å². The highest BCUT2D eigenvalue weighted by atomic mass is 16.6. The second-order valence-electron chi connectivity index (χ2n) is 13.5. The average Bonchev–Trinajstić information content (AvgIpc) is 3.19. The number of ether oxygens (including phenoxy) is 7. The molecule has 3 aromatic rings. The van der Waals surface area contributed by atoms with E-state index in [0.29, 0.717) is 47.5 Å². The van der Waals surface area contributed by atoms with Crippen LogP contribution in [0.15, 0.2) is 61.3 Å². The zero-order chi connectivity index (χ0) is 37.7. The number of carbonyl (C=O) groups excluding carboxylic acids is 2. The number of aromatic nitrogens is 1. The van der Waals surface area contributed by atoms with Gasteiger partial charge in [-0.15, -0.1) is 6.58 Å². The smallest absolute Gasteiger partial charge is 0.332 e. The Labute approximate surface area is 312 Å². The Morgan fingerprint density at radius 1 is 0.981 bits per heavy atom. The number of carbonyl (C=O) groups is 2. The maximum absolute atomic E-state index is 12.9. The third kappa shape index (κ3) is 10.3. The van der Waals surface area contributed by atoms with E-state index in [1.165, 1.54) is 27.4 Å². The van der Waals surface area contributed by atoms with Gasteiger partial charge in [-0.3, -0.25) is 9.88 Å². The number of benzene rings is 2. The fraction of sp³-hybridized carbons (Fsp3) is 0.488. The van der Waals surface area contributed by atoms with Crippen LogP contribution in [0.4, 0.5) is 0 Å². The first kappa shape index (κ1) is 39.6. The minimum atomic E-state index is -0.441. The number of nitrogens with zero attached hydrogens (tertiary/aromatic N) is 3. The Kier molecular flexibility index (Phi) is 14.5. The zero-order valence-corrected chi connectivity index (χ0v) is 31.6. The van der Waals surface area contributed by atoms with Crippen molar-refractivity contribution in [3.05, 3.63) is 72.5 Å². The number of hydrogen-bond donors (Lipinski definition) is 0. The molecule has 1 aromatic heterocycles. The summed E-state index contributed by atoms with van der Waals surface area (Å²) in [6, 6.07) is 11.5. The number of fused-ring (bicyclic) bond motifs is 4. The summed E-state index contributed by atoms with van der Waals surface area (Å²) in [6.45, 7) is 7.88. The summed E-state index contributed by atoms with van der Waals surface area (Å²) in [5, 5.41) is 0.957. The first-order valence-electron chi connectivity index (χ1n) is 18.2. The molecule has 1 unspecified atom stereocenters. The standard InChI is InChI=1S/C41H53N3O9/c1-7-29-26-44-19-15-30(29)24-35(44)40(32-14-16-42-34-12-11-31(47-3)25-33(32)34)53-27-39(46)52-21-9-18-43(2)17-8-20-51-38(45)13-10-28-22-36(48-4)41(50-6)37(23-28)49-5/h7,10-14,16,22-23,25,29-30,35,40H,1,8-9,15,17-21,24,26-27H2,2-6H3/b13-10+/t29-,30+,35+,40+/m1/s1. The van der Waals surface area contributed by atoms with Crippen LogP contribution in [0, 0.1) is 11.8 Å². The van der Waals surface area contributed by atoms with E-state index in [0.717, 1.165) is 61.2 Å². The molecule has 12 nitrogen and oxygen atoms in total. The number of rotatable bonds is 20. The average molecular weight is 732 g/mol. The normalized spacial score (nSPS) is 20.0. The van der Waals surface area contributed by atoms with Crippen molar-refractivity contribution < 1.29 is 42.7 Å². The van der Waals surface area contributed by atoms with Crippen LogP contribution >= 0.6 is 0 Å². The molecule has 5 atom stereocenters. The lowest BCUT2D eigenvalue weighted by Crippen LogP contribution is -2.55. The first-order chi connectivity index (χ1) is 25.8. The Morgan fingerprint density at radius 3 is 2.36 bits per heavy atom. The molecule has 6 rings (SSSR count). The highest BCUT2D eigenvalue weighted by Gasteiger charge is 2.43. The zero-order valence-electron chi connectivity index (χ0n) is 31.6. The van der Waals surface area contributed by atoms with Gasteiger partial charge in [0.05, 0.1) is 53.3 Å². The maximum Gasteiger partial charge on any atom is 0.332 e. The third-order valence-corrected chi connectivity index (χ3v) is 10.1. The van der Waals surface area contributed by atoms with Crippen LogP contribution in [0.2, 0.25) is 0 Å². The van der Waals surface area contributed by atoms with Gasteiger partial charge in [0, 0.05) is 43.3 Å². The van der Waals surface area contributed by atoms with E-state index >= 15 is 0 Å². The number of piperidine rings is 3. The first-order valence-corrected chi connectivity index (χ1v) is 18.2. The monoisotopic (exact) mass is 731 g/mol. The molecule has 2 bridgehead atoms. The molecule has 3 saturated heterocycles. The van der Waals surface area contributed by atoms with Crippen molar-refractivity contribution in [2.75, 3.05) is 81.5 Å². The number of pyridine rings is 1. The minimum Gasteiger partial charge on any atom is -0.497 e. The number of esters is 2. The van der Waals surface area contributed by atoms with Crippen LogP contribution in [0.3, 0.4) is 0 Å². The molecule has 3 fully saturated rings. The van der Waals surface area contributed by atoms with E-state index in [4.69, 9.17) is 33.2 Å². The second kappa shape index (κ2) is 19.4. The largest absolute Gasteiger partial charge is 0.497 e. The molecule has 0 spiro atoms. The molecule has 53 heavy (non-hydrogen) atoms. The van der Waals surface area contributed by atoms with Crippen LogP contribution in [0.5, 0.6) is 23.0 Å². The topological polar surface area (TPSA) is 118 Å². The van der Waals surface area contributed by atoms with Crippen molar-refractivity contribution in [2.24, 2.45) is 11.8 Å². The summed E-state index contributed by atoms with van der Waals surface area (Å²) in [5.74, 6) is 2.41. The second-order valence-corrected chi connectivity index (χ2v) is 13.5. The lowest BCUT2D eigenvalue weighted by atomic mass is 9.73. The minimum absolute atomic E-state index is 0.125. The Hall–Kier alpha value is -4.65. The molecule has 3 aliphatic rings. The van der Waals surface area contributed by atoms with Crippen LogP contribution < -0.4 is 18.9 Å². The lowest BCUT2D eigenvalue weighted by Gasteiger charge is -2.51. The van der Waals surface area contributed by atoms with Gasteiger partial charge in [0.15, 0.2) is 11.5 Å². The van der Waals surface area contributed by atoms with Gasteiger partial charge < -0.3 is 38.1 Å². The summed E-state index contributed by atoms with van der Waals surface area (Å²) in [4.78, 5) is 34.4. The van der Waals surface area contributed by atoms with Crippen LogP contribution in [-0.2, 0) is 23.8 Å². The van der Waals surface area contributed by atoms with Gasteiger partial charge in [-0.05, 0) is 105 Å². The fourth-order valence-corrected chi connectivity index (χ4v) is 7.37. The van der Waals surface area contributed by atoms with Gasteiger partial charge in [-0.25, -0.2) is 9.59 Å². The summed E-state index contributed by atoms with van der Waals surface area (Å²) in [5.41, 5.74) is 2.56. The van der Waals surface area contributed by atoms with E-state index in [9.17, 15) is 9.59 Å². The van der Waals surface area contributed by atoms with E-state index in [1.807, 2.05) is 31.3 Å². The highest BCUT2D eigenvalue weighted by molar-refractivity contribution is 5.87. The SMILES string of the molecule is C=C[C@@H]1CN2CC[C@H]1C[C@H]2[C@@H](OCC(=O)OCCCN(C)CCCOC(=O)/C=C/c1cc(OC)c(OC)c(OC)c1)c1ccnc2ccc(OC)cc12. The van der Waals surface area contributed by atoms with Crippen molar-refractivity contribution in [3.8, 4) is 23.0 Å². The van der Waals surface area contributed by atoms with Gasteiger partial charge in [-0.1, -0.05) is 6.08 Å². The van der Waals surface area contributed by atoms with E-state index < -0.39 is 5.97 Å². The Morgan fingerprint density at radius 2 is 1.72 bits per heavy atom. The summed E-state index contributed by atoms with van der Waals surface area (Å²) >= 11 is 0. The summed E-state index contributed by atoms with van der Waals surface area (Å²) in [6.07, 6.45) is 10.0. The number of methoxy groups -OCH3 is 4. The predicted molar refractivity (Wildman–Crippen MR) is 203 cm³/mol. The number of hydrogen-bond acceptors (Lipinski definition) is 12. The molecule has 2 aromatic carbocycles. The highest BCUT2D eigenvalue weighted by Crippen LogP contribution is 2.44. The molecule has 0 N–H and O–H groups in total. The van der Waals surface area contributed by atoms with Gasteiger partial charge in [0.2, 0.25) is 5.75 Å². The van der Waals surface area contributed by atoms with Crippen molar-refractivity contribution in [1.29, 1.82) is 0 Å². The quantitative estimate of drug-likeness (QED) is 0.0611. The van der Waals surface area contributed by atoms with E-state index in [-0.39, 0.29) is 37.9 Å². The van der Waals surface area contributed by atoms with Gasteiger partial charge in [-0.2, -0.15) is 0 Å². The van der Waals surface area contributed by atoms with E-state index in [1.54, 1.807) is 31.5 Å². The lowest BCUT2D eigenvalue weighted by molar-refractivity contribution is -0.155. The Balaban J connectivity index is 1.05. The predicted octanol–water partition coefficient (Wildman–Crippen LogP) is 5.74. The van der Waals surface area contributed by atoms with Gasteiger partial charge >= 0.3 is 11.9 Å². The molecule has 286 valence electrons. The molecule has 0 amide bonds. The van der Waals surface area contributed by atoms with Crippen molar-refractivity contribution in [1.82, 2.24) is 14.8 Å². The van der Waals surface area contributed by atoms with Crippen molar-refractivity contribution in [2.45, 2.75) is 37.8 Å².